The number of likely N-dealkylation sites (N-methyl/N-ethyl adjacent to an activating group) is 1. The molecule has 0 radical (unpaired) electrons. The van der Waals surface area contributed by atoms with Crippen LogP contribution in [0.15, 0.2) is 4.47 Å². The van der Waals surface area contributed by atoms with E-state index in [0.717, 1.165) is 0 Å². The van der Waals surface area contributed by atoms with Crippen LogP contribution in [-0.4, -0.2) is 90.4 Å². The van der Waals surface area contributed by atoms with E-state index in [2.05, 4.69) is 15.9 Å². The molecule has 3 fully saturated rings. The fourth-order valence-corrected chi connectivity index (χ4v) is 7.36. The van der Waals surface area contributed by atoms with Crippen molar-refractivity contribution in [2.75, 3.05) is 40.4 Å². The number of amides is 1. The van der Waals surface area contributed by atoms with Gasteiger partial charge in [0.15, 0.2) is 29.1 Å². The molecule has 10 nitrogen and oxygen atoms in total. The normalized spacial score (nSPS) is 31.7. The van der Waals surface area contributed by atoms with Gasteiger partial charge in [0.2, 0.25) is 5.91 Å². The lowest BCUT2D eigenvalue weighted by Gasteiger charge is -2.48. The SMILES string of the molecule is CN(C)C1C(=O)C(C(N)=O)C(=O)C2C(=O)C3C(=O)c4c(O)c(Br)c(CN5CCOCC5)c(F)c4CC3CC21. The lowest BCUT2D eigenvalue weighted by Crippen LogP contribution is -2.64. The van der Waals surface area contributed by atoms with Crippen LogP contribution in [0.5, 0.6) is 5.75 Å². The Bertz CT molecular complexity index is 1260. The number of Topliss-reactive ketones (excluding diaryl/α,β-unsaturated/α-hetero) is 4. The van der Waals surface area contributed by atoms with Gasteiger partial charge in [-0.1, -0.05) is 0 Å². The van der Waals surface area contributed by atoms with E-state index in [0.29, 0.717) is 26.3 Å². The Hall–Kier alpha value is -2.54. The van der Waals surface area contributed by atoms with Gasteiger partial charge in [-0.3, -0.25) is 33.8 Å². The summed E-state index contributed by atoms with van der Waals surface area (Å²) in [6.45, 7) is 2.38. The number of aromatic hydroxyl groups is 1. The Balaban J connectivity index is 1.56. The number of fused-ring (bicyclic) bond motifs is 3. The van der Waals surface area contributed by atoms with Crippen LogP contribution in [0.1, 0.15) is 27.9 Å². The van der Waals surface area contributed by atoms with Crippen molar-refractivity contribution in [1.29, 1.82) is 0 Å². The molecule has 1 saturated heterocycles. The molecule has 1 aliphatic heterocycles. The maximum absolute atomic E-state index is 16.0. The largest absolute Gasteiger partial charge is 0.506 e. The average Bonchev–Trinajstić information content (AvgIpc) is 2.85. The summed E-state index contributed by atoms with van der Waals surface area (Å²) in [5.74, 6) is -11.0. The van der Waals surface area contributed by atoms with Gasteiger partial charge in [0.1, 0.15) is 11.6 Å². The molecule has 1 aromatic rings. The molecule has 6 atom stereocenters. The number of nitrogens with zero attached hydrogens (tertiary/aromatic N) is 2. The number of phenols is 1. The quantitative estimate of drug-likeness (QED) is 0.476. The minimum atomic E-state index is -1.77. The highest BCUT2D eigenvalue weighted by Crippen LogP contribution is 2.50. The smallest absolute Gasteiger partial charge is 0.235 e. The molecule has 3 N–H and O–H groups in total. The zero-order valence-corrected chi connectivity index (χ0v) is 22.6. The number of benzene rings is 1. The summed E-state index contributed by atoms with van der Waals surface area (Å²) in [6, 6.07) is -0.934. The molecule has 12 heteroatoms. The van der Waals surface area contributed by atoms with E-state index in [1.54, 1.807) is 19.0 Å². The number of ketones is 4. The first-order valence-electron chi connectivity index (χ1n) is 12.6. The number of morpholine rings is 1. The summed E-state index contributed by atoms with van der Waals surface area (Å²) in [7, 11) is 3.22. The van der Waals surface area contributed by atoms with Crippen molar-refractivity contribution in [3.63, 3.8) is 0 Å². The molecular formula is C26H29BrFN3O7. The predicted molar refractivity (Wildman–Crippen MR) is 134 cm³/mol. The number of hydrogen-bond acceptors (Lipinski definition) is 9. The van der Waals surface area contributed by atoms with Crippen molar-refractivity contribution in [3.8, 4) is 5.75 Å². The van der Waals surface area contributed by atoms with Gasteiger partial charge in [-0.2, -0.15) is 0 Å². The van der Waals surface area contributed by atoms with Crippen LogP contribution in [0, 0.1) is 35.4 Å². The fourth-order valence-electron chi connectivity index (χ4n) is 6.87. The Morgan fingerprint density at radius 2 is 1.79 bits per heavy atom. The molecule has 38 heavy (non-hydrogen) atoms. The Morgan fingerprint density at radius 3 is 2.39 bits per heavy atom. The summed E-state index contributed by atoms with van der Waals surface area (Å²) in [4.78, 5) is 69.3. The maximum Gasteiger partial charge on any atom is 0.235 e. The fraction of sp³-hybridized carbons (Fsp3) is 0.577. The Kier molecular flexibility index (Phi) is 7.04. The zero-order chi connectivity index (χ0) is 27.6. The molecule has 2 saturated carbocycles. The third-order valence-corrected chi connectivity index (χ3v) is 9.38. The third-order valence-electron chi connectivity index (χ3n) is 8.52. The predicted octanol–water partition coefficient (Wildman–Crippen LogP) is 0.486. The highest BCUT2D eigenvalue weighted by atomic mass is 79.9. The van der Waals surface area contributed by atoms with Crippen molar-refractivity contribution < 1.29 is 38.2 Å². The van der Waals surface area contributed by atoms with Gasteiger partial charge >= 0.3 is 0 Å². The monoisotopic (exact) mass is 593 g/mol. The van der Waals surface area contributed by atoms with E-state index >= 15 is 4.39 Å². The van der Waals surface area contributed by atoms with Gasteiger partial charge < -0.3 is 15.6 Å². The van der Waals surface area contributed by atoms with E-state index in [9.17, 15) is 29.1 Å². The van der Waals surface area contributed by atoms with E-state index in [1.165, 1.54) is 0 Å². The van der Waals surface area contributed by atoms with Crippen LogP contribution in [0.4, 0.5) is 4.39 Å². The summed E-state index contributed by atoms with van der Waals surface area (Å²) in [6.07, 6.45) is 0.123. The summed E-state index contributed by atoms with van der Waals surface area (Å²) in [5.41, 5.74) is 5.36. The standard InChI is InChI=1S/C26H29BrFN3O7/c1-30(2)20-12-8-10-7-11-15(24(35)18(27)13(19(11)28)9-31-3-5-38-6-4-31)21(32)14(10)22(33)16(12)23(34)17(25(20)36)26(29)37/h10,12,14,16-17,20,35H,3-9H2,1-2H3,(H2,29,37). The second-order valence-corrected chi connectivity index (χ2v) is 11.6. The molecule has 6 unspecified atom stereocenters. The van der Waals surface area contributed by atoms with E-state index in [4.69, 9.17) is 10.5 Å². The summed E-state index contributed by atoms with van der Waals surface area (Å²) >= 11 is 3.25. The summed E-state index contributed by atoms with van der Waals surface area (Å²) < 4.78 is 21.4. The Labute approximate surface area is 226 Å². The van der Waals surface area contributed by atoms with E-state index in [1.807, 2.05) is 4.90 Å². The number of primary amides is 1. The number of ether oxygens (including phenoxy) is 1. The minimum Gasteiger partial charge on any atom is -0.506 e. The number of carbonyl (C=O) groups is 5. The maximum atomic E-state index is 16.0. The van der Waals surface area contributed by atoms with Crippen LogP contribution >= 0.6 is 15.9 Å². The second kappa shape index (κ2) is 9.89. The van der Waals surface area contributed by atoms with Crippen molar-refractivity contribution in [3.05, 3.63) is 27.0 Å². The number of rotatable bonds is 4. The molecule has 204 valence electrons. The molecule has 0 bridgehead atoms. The first-order valence-corrected chi connectivity index (χ1v) is 13.4. The van der Waals surface area contributed by atoms with Crippen LogP contribution in [0.3, 0.4) is 0 Å². The van der Waals surface area contributed by atoms with Crippen molar-refractivity contribution in [2.24, 2.45) is 35.3 Å². The van der Waals surface area contributed by atoms with Gasteiger partial charge in [-0.05, 0) is 54.7 Å². The van der Waals surface area contributed by atoms with Crippen LogP contribution in [0.2, 0.25) is 0 Å². The van der Waals surface area contributed by atoms with Crippen LogP contribution in [-0.2, 0) is 36.9 Å². The molecule has 5 rings (SSSR count). The highest BCUT2D eigenvalue weighted by molar-refractivity contribution is 9.10. The lowest BCUT2D eigenvalue weighted by molar-refractivity contribution is -0.157. The molecule has 0 aromatic heterocycles. The molecule has 4 aliphatic rings. The topological polar surface area (TPSA) is 147 Å². The molecule has 0 spiro atoms. The van der Waals surface area contributed by atoms with Gasteiger partial charge in [-0.15, -0.1) is 0 Å². The van der Waals surface area contributed by atoms with Crippen LogP contribution in [0.25, 0.3) is 0 Å². The zero-order valence-electron chi connectivity index (χ0n) is 21.0. The van der Waals surface area contributed by atoms with E-state index < -0.39 is 76.2 Å². The molecular weight excluding hydrogens is 565 g/mol. The number of halogens is 2. The molecule has 1 amide bonds. The first-order chi connectivity index (χ1) is 18.0. The summed E-state index contributed by atoms with van der Waals surface area (Å²) in [5, 5.41) is 11.0. The second-order valence-electron chi connectivity index (χ2n) is 10.8. The molecule has 1 heterocycles. The first kappa shape index (κ1) is 27.0. The van der Waals surface area contributed by atoms with Crippen molar-refractivity contribution in [2.45, 2.75) is 25.4 Å². The number of carbonyl (C=O) groups excluding carboxylic acids is 5. The van der Waals surface area contributed by atoms with Crippen molar-refractivity contribution >= 4 is 45.0 Å². The molecule has 1 aromatic carbocycles. The third kappa shape index (κ3) is 4.04. The Morgan fingerprint density at radius 1 is 1.13 bits per heavy atom. The van der Waals surface area contributed by atoms with Gasteiger partial charge in [0.05, 0.1) is 41.1 Å². The minimum absolute atomic E-state index is 0.00867. The lowest BCUT2D eigenvalue weighted by atomic mass is 9.54. The molecule has 3 aliphatic carbocycles. The van der Waals surface area contributed by atoms with Crippen LogP contribution < -0.4 is 5.73 Å². The highest BCUT2D eigenvalue weighted by Gasteiger charge is 2.61. The van der Waals surface area contributed by atoms with Gasteiger partial charge in [0.25, 0.3) is 0 Å². The number of hydrogen-bond donors (Lipinski definition) is 2. The average molecular weight is 594 g/mol. The number of nitrogens with two attached hydrogens (primary N) is 1. The van der Waals surface area contributed by atoms with Gasteiger partial charge in [0, 0.05) is 30.8 Å². The number of phenolic OH excluding ortho intramolecular Hbond substituents is 1. The van der Waals surface area contributed by atoms with E-state index in [-0.39, 0.29) is 40.5 Å². The van der Waals surface area contributed by atoms with Gasteiger partial charge in [-0.25, -0.2) is 4.39 Å². The van der Waals surface area contributed by atoms with Crippen molar-refractivity contribution in [1.82, 2.24) is 9.80 Å².